The van der Waals surface area contributed by atoms with Crippen molar-refractivity contribution in [2.45, 2.75) is 52.2 Å². The molecule has 4 rings (SSSR count). The zero-order chi connectivity index (χ0) is 23.2. The third-order valence-corrected chi connectivity index (χ3v) is 6.03. The highest BCUT2D eigenvalue weighted by atomic mass is 16.5. The Labute approximate surface area is 193 Å². The lowest BCUT2D eigenvalue weighted by molar-refractivity contribution is 0.0913. The quantitative estimate of drug-likeness (QED) is 0.524. The number of nitrogens with zero attached hydrogens (tertiary/aromatic N) is 1. The van der Waals surface area contributed by atoms with Crippen molar-refractivity contribution in [3.8, 4) is 5.75 Å². The number of hydrogen-bond acceptors (Lipinski definition) is 5. The van der Waals surface area contributed by atoms with Gasteiger partial charge in [-0.25, -0.2) is 0 Å². The Kier molecular flexibility index (Phi) is 7.07. The standard InChI is InChI=1S/C26H29N3O4/c1-17-7-9-19(10-8-17)28-26(31)24-15-22(33-29-24)16-32-21-13-11-20(12-14-21)27-25(30)23-6-4-3-5-18(23)2/h3-6,11-15,17,19H,7-10,16H2,1-2H3,(H,27,30)(H,28,31). The first-order valence-electron chi connectivity index (χ1n) is 11.3. The van der Waals surface area contributed by atoms with Gasteiger partial charge in [0.15, 0.2) is 11.5 Å². The summed E-state index contributed by atoms with van der Waals surface area (Å²) in [5.74, 6) is 1.44. The molecule has 1 aliphatic rings. The second-order valence-corrected chi connectivity index (χ2v) is 8.69. The molecule has 1 saturated carbocycles. The molecule has 3 aromatic rings. The molecule has 172 valence electrons. The smallest absolute Gasteiger partial charge is 0.273 e. The van der Waals surface area contributed by atoms with Crippen LogP contribution in [-0.2, 0) is 6.61 Å². The lowest BCUT2D eigenvalue weighted by Gasteiger charge is -2.26. The molecular weight excluding hydrogens is 418 g/mol. The second kappa shape index (κ2) is 10.3. The number of carbonyl (C=O) groups is 2. The van der Waals surface area contributed by atoms with Gasteiger partial charge in [0.2, 0.25) is 0 Å². The average molecular weight is 448 g/mol. The highest BCUT2D eigenvalue weighted by Gasteiger charge is 2.22. The van der Waals surface area contributed by atoms with Gasteiger partial charge >= 0.3 is 0 Å². The molecule has 2 aromatic carbocycles. The molecule has 7 heteroatoms. The summed E-state index contributed by atoms with van der Waals surface area (Å²) in [4.78, 5) is 24.9. The average Bonchev–Trinajstić information content (AvgIpc) is 3.30. The number of ether oxygens (including phenoxy) is 1. The van der Waals surface area contributed by atoms with Gasteiger partial charge in [-0.1, -0.05) is 30.3 Å². The molecule has 2 amide bonds. The van der Waals surface area contributed by atoms with Gasteiger partial charge in [-0.15, -0.1) is 0 Å². The molecule has 0 saturated heterocycles. The highest BCUT2D eigenvalue weighted by molar-refractivity contribution is 6.05. The Hall–Kier alpha value is -3.61. The van der Waals surface area contributed by atoms with Crippen LogP contribution < -0.4 is 15.4 Å². The van der Waals surface area contributed by atoms with Crippen LogP contribution in [0.3, 0.4) is 0 Å². The summed E-state index contributed by atoms with van der Waals surface area (Å²) in [6.07, 6.45) is 4.28. The van der Waals surface area contributed by atoms with Crippen molar-refractivity contribution in [1.29, 1.82) is 0 Å². The summed E-state index contributed by atoms with van der Waals surface area (Å²) >= 11 is 0. The van der Waals surface area contributed by atoms with Crippen LogP contribution >= 0.6 is 0 Å². The van der Waals surface area contributed by atoms with Crippen molar-refractivity contribution >= 4 is 17.5 Å². The van der Waals surface area contributed by atoms with Crippen LogP contribution in [0.15, 0.2) is 59.1 Å². The molecule has 1 aliphatic carbocycles. The number of aryl methyl sites for hydroxylation is 1. The van der Waals surface area contributed by atoms with Crippen molar-refractivity contribution in [1.82, 2.24) is 10.5 Å². The Bertz CT molecular complexity index is 1100. The number of amides is 2. The number of nitrogens with one attached hydrogen (secondary N) is 2. The minimum atomic E-state index is -0.210. The molecule has 7 nitrogen and oxygen atoms in total. The first-order valence-corrected chi connectivity index (χ1v) is 11.3. The van der Waals surface area contributed by atoms with Gasteiger partial charge in [-0.2, -0.15) is 0 Å². The first-order chi connectivity index (χ1) is 16.0. The van der Waals surface area contributed by atoms with Crippen LogP contribution in [0.25, 0.3) is 0 Å². The van der Waals surface area contributed by atoms with E-state index in [0.29, 0.717) is 22.8 Å². The monoisotopic (exact) mass is 447 g/mol. The van der Waals surface area contributed by atoms with E-state index in [4.69, 9.17) is 9.26 Å². The van der Waals surface area contributed by atoms with E-state index in [1.165, 1.54) is 0 Å². The van der Waals surface area contributed by atoms with Crippen molar-refractivity contribution < 1.29 is 18.8 Å². The van der Waals surface area contributed by atoms with Crippen LogP contribution in [0.2, 0.25) is 0 Å². The maximum atomic E-state index is 12.4. The number of carbonyl (C=O) groups excluding carboxylic acids is 2. The third kappa shape index (κ3) is 6.00. The zero-order valence-electron chi connectivity index (χ0n) is 19.0. The highest BCUT2D eigenvalue weighted by Crippen LogP contribution is 2.24. The van der Waals surface area contributed by atoms with Gasteiger partial charge in [-0.05, 0) is 74.4 Å². The van der Waals surface area contributed by atoms with Crippen LogP contribution in [0.4, 0.5) is 5.69 Å². The number of benzene rings is 2. The number of anilines is 1. The lowest BCUT2D eigenvalue weighted by atomic mass is 9.87. The summed E-state index contributed by atoms with van der Waals surface area (Å²) in [5.41, 5.74) is 2.50. The molecule has 1 aromatic heterocycles. The molecule has 0 atom stereocenters. The molecule has 0 bridgehead atoms. The summed E-state index contributed by atoms with van der Waals surface area (Å²) < 4.78 is 11.0. The van der Waals surface area contributed by atoms with E-state index < -0.39 is 0 Å². The van der Waals surface area contributed by atoms with Crippen LogP contribution in [0, 0.1) is 12.8 Å². The predicted octanol–water partition coefficient (Wildman–Crippen LogP) is 5.12. The maximum absolute atomic E-state index is 12.4. The van der Waals surface area contributed by atoms with E-state index in [0.717, 1.165) is 37.2 Å². The Balaban J connectivity index is 1.26. The summed E-state index contributed by atoms with van der Waals surface area (Å²) in [6, 6.07) is 16.3. The van der Waals surface area contributed by atoms with Crippen molar-refractivity contribution in [2.24, 2.45) is 5.92 Å². The first kappa shape index (κ1) is 22.6. The zero-order valence-corrected chi connectivity index (χ0v) is 19.0. The fourth-order valence-electron chi connectivity index (χ4n) is 3.97. The van der Waals surface area contributed by atoms with E-state index in [-0.39, 0.29) is 30.2 Å². The minimum Gasteiger partial charge on any atom is -0.486 e. The summed E-state index contributed by atoms with van der Waals surface area (Å²) in [6.45, 7) is 4.30. The van der Waals surface area contributed by atoms with Gasteiger partial charge in [0.05, 0.1) is 0 Å². The van der Waals surface area contributed by atoms with Gasteiger partial charge in [-0.3, -0.25) is 9.59 Å². The van der Waals surface area contributed by atoms with Crippen LogP contribution in [-0.4, -0.2) is 23.0 Å². The molecule has 1 heterocycles. The van der Waals surface area contributed by atoms with E-state index in [9.17, 15) is 9.59 Å². The minimum absolute atomic E-state index is 0.149. The number of hydrogen-bond donors (Lipinski definition) is 2. The molecule has 0 radical (unpaired) electrons. The summed E-state index contributed by atoms with van der Waals surface area (Å²) in [5, 5.41) is 9.80. The largest absolute Gasteiger partial charge is 0.486 e. The molecule has 33 heavy (non-hydrogen) atoms. The Morgan fingerprint density at radius 2 is 1.76 bits per heavy atom. The topological polar surface area (TPSA) is 93.5 Å². The fourth-order valence-corrected chi connectivity index (χ4v) is 3.97. The van der Waals surface area contributed by atoms with E-state index >= 15 is 0 Å². The van der Waals surface area contributed by atoms with Crippen LogP contribution in [0.1, 0.15) is 64.8 Å². The Morgan fingerprint density at radius 1 is 1.03 bits per heavy atom. The van der Waals surface area contributed by atoms with E-state index in [2.05, 4.69) is 22.7 Å². The Morgan fingerprint density at radius 3 is 2.48 bits per heavy atom. The molecule has 0 spiro atoms. The SMILES string of the molecule is Cc1ccccc1C(=O)Nc1ccc(OCc2cc(C(=O)NC3CCC(C)CC3)no2)cc1. The van der Waals surface area contributed by atoms with Gasteiger partial charge in [0, 0.05) is 23.4 Å². The second-order valence-electron chi connectivity index (χ2n) is 8.69. The van der Waals surface area contributed by atoms with Gasteiger partial charge in [0.1, 0.15) is 12.4 Å². The van der Waals surface area contributed by atoms with Crippen LogP contribution in [0.5, 0.6) is 5.75 Å². The van der Waals surface area contributed by atoms with Gasteiger partial charge < -0.3 is 19.9 Å². The van der Waals surface area contributed by atoms with Gasteiger partial charge in [0.25, 0.3) is 11.8 Å². The third-order valence-electron chi connectivity index (χ3n) is 6.03. The molecule has 1 fully saturated rings. The molecular formula is C26H29N3O4. The lowest BCUT2D eigenvalue weighted by Crippen LogP contribution is -2.37. The molecule has 2 N–H and O–H groups in total. The van der Waals surface area contributed by atoms with Crippen molar-refractivity contribution in [3.63, 3.8) is 0 Å². The predicted molar refractivity (Wildman–Crippen MR) is 125 cm³/mol. The fraction of sp³-hybridized carbons (Fsp3) is 0.346. The van der Waals surface area contributed by atoms with E-state index in [1.807, 2.05) is 25.1 Å². The molecule has 0 unspecified atom stereocenters. The number of rotatable bonds is 7. The normalized spacial score (nSPS) is 17.9. The molecule has 0 aliphatic heterocycles. The maximum Gasteiger partial charge on any atom is 0.273 e. The van der Waals surface area contributed by atoms with E-state index in [1.54, 1.807) is 36.4 Å². The van der Waals surface area contributed by atoms with Crippen molar-refractivity contribution in [3.05, 3.63) is 77.2 Å². The van der Waals surface area contributed by atoms with Crippen molar-refractivity contribution in [2.75, 3.05) is 5.32 Å². The number of aromatic nitrogens is 1. The summed E-state index contributed by atoms with van der Waals surface area (Å²) in [7, 11) is 0.